The van der Waals surface area contributed by atoms with Crippen LogP contribution in [-0.2, 0) is 6.18 Å². The van der Waals surface area contributed by atoms with Gasteiger partial charge in [-0.1, -0.05) is 18.2 Å². The van der Waals surface area contributed by atoms with E-state index in [-0.39, 0.29) is 17.2 Å². The van der Waals surface area contributed by atoms with E-state index in [2.05, 4.69) is 15.3 Å². The predicted molar refractivity (Wildman–Crippen MR) is 88.8 cm³/mol. The molecule has 9 heteroatoms. The average molecular weight is 360 g/mol. The number of nitro groups is 1. The first-order valence-corrected chi connectivity index (χ1v) is 7.35. The average Bonchev–Trinajstić information content (AvgIpc) is 2.61. The first kappa shape index (κ1) is 17.3. The van der Waals surface area contributed by atoms with Crippen LogP contribution in [0.3, 0.4) is 0 Å². The van der Waals surface area contributed by atoms with Crippen molar-refractivity contribution in [1.29, 1.82) is 0 Å². The molecule has 26 heavy (non-hydrogen) atoms. The second-order valence-corrected chi connectivity index (χ2v) is 5.28. The number of nitrogens with zero attached hydrogens (tertiary/aromatic N) is 3. The molecular formula is C17H11F3N4O2. The molecule has 0 bridgehead atoms. The van der Waals surface area contributed by atoms with Crippen LogP contribution in [0.4, 0.5) is 30.5 Å². The zero-order chi connectivity index (χ0) is 18.7. The van der Waals surface area contributed by atoms with Gasteiger partial charge in [0.2, 0.25) is 5.95 Å². The first-order valence-electron chi connectivity index (χ1n) is 7.35. The van der Waals surface area contributed by atoms with Crippen molar-refractivity contribution in [2.24, 2.45) is 0 Å². The molecule has 1 heterocycles. The van der Waals surface area contributed by atoms with Crippen LogP contribution in [0, 0.1) is 10.1 Å². The fourth-order valence-corrected chi connectivity index (χ4v) is 2.26. The van der Waals surface area contributed by atoms with Gasteiger partial charge in [-0.25, -0.2) is 9.97 Å². The van der Waals surface area contributed by atoms with Crippen LogP contribution in [0.15, 0.2) is 60.8 Å². The highest BCUT2D eigenvalue weighted by molar-refractivity contribution is 5.63. The molecule has 0 unspecified atom stereocenters. The van der Waals surface area contributed by atoms with E-state index < -0.39 is 16.7 Å². The van der Waals surface area contributed by atoms with Crippen LogP contribution in [0.1, 0.15) is 5.56 Å². The molecule has 1 N–H and O–H groups in total. The van der Waals surface area contributed by atoms with Crippen LogP contribution in [-0.4, -0.2) is 14.9 Å². The van der Waals surface area contributed by atoms with Gasteiger partial charge in [-0.3, -0.25) is 10.1 Å². The number of aromatic nitrogens is 2. The largest absolute Gasteiger partial charge is 0.416 e. The molecule has 3 rings (SSSR count). The zero-order valence-corrected chi connectivity index (χ0v) is 13.1. The number of non-ortho nitro benzene ring substituents is 1. The van der Waals surface area contributed by atoms with Gasteiger partial charge in [-0.15, -0.1) is 0 Å². The number of hydrogen-bond donors (Lipinski definition) is 1. The molecule has 3 aromatic rings. The summed E-state index contributed by atoms with van der Waals surface area (Å²) in [6, 6.07) is 12.0. The van der Waals surface area contributed by atoms with Crippen molar-refractivity contribution in [2.75, 3.05) is 5.32 Å². The van der Waals surface area contributed by atoms with Gasteiger partial charge >= 0.3 is 6.18 Å². The minimum absolute atomic E-state index is 0.107. The van der Waals surface area contributed by atoms with E-state index in [4.69, 9.17) is 0 Å². The Kier molecular flexibility index (Phi) is 4.53. The molecule has 0 aliphatic carbocycles. The number of nitro benzene ring substituents is 1. The third kappa shape index (κ3) is 3.94. The lowest BCUT2D eigenvalue weighted by atomic mass is 10.1. The molecule has 0 radical (unpaired) electrons. The van der Waals surface area contributed by atoms with Crippen LogP contribution < -0.4 is 5.32 Å². The fourth-order valence-electron chi connectivity index (χ4n) is 2.26. The number of hydrogen-bond acceptors (Lipinski definition) is 5. The summed E-state index contributed by atoms with van der Waals surface area (Å²) < 4.78 is 38.6. The highest BCUT2D eigenvalue weighted by atomic mass is 19.4. The van der Waals surface area contributed by atoms with Gasteiger partial charge in [-0.2, -0.15) is 13.2 Å². The van der Waals surface area contributed by atoms with Gasteiger partial charge in [0.1, 0.15) is 0 Å². The Morgan fingerprint density at radius 3 is 2.54 bits per heavy atom. The molecule has 2 aromatic carbocycles. The number of benzene rings is 2. The summed E-state index contributed by atoms with van der Waals surface area (Å²) >= 11 is 0. The lowest BCUT2D eigenvalue weighted by molar-refractivity contribution is -0.384. The van der Waals surface area contributed by atoms with Crippen molar-refractivity contribution in [3.8, 4) is 11.3 Å². The second kappa shape index (κ2) is 6.79. The Bertz CT molecular complexity index is 960. The van der Waals surface area contributed by atoms with Gasteiger partial charge in [0.25, 0.3) is 5.69 Å². The predicted octanol–water partition coefficient (Wildman–Crippen LogP) is 4.81. The van der Waals surface area contributed by atoms with Crippen molar-refractivity contribution >= 4 is 17.3 Å². The molecule has 0 atom stereocenters. The van der Waals surface area contributed by atoms with Crippen molar-refractivity contribution in [1.82, 2.24) is 9.97 Å². The monoisotopic (exact) mass is 360 g/mol. The smallest absolute Gasteiger partial charge is 0.324 e. The number of anilines is 2. The normalized spacial score (nSPS) is 11.2. The standard InChI is InChI=1S/C17H11F3N4O2/c18-17(19,20)12-4-1-3-11(9-12)15-7-8-21-16(23-15)22-13-5-2-6-14(10-13)24(25)26/h1-10H,(H,21,22,23). The zero-order valence-electron chi connectivity index (χ0n) is 13.1. The van der Waals surface area contributed by atoms with Crippen LogP contribution in [0.5, 0.6) is 0 Å². The minimum Gasteiger partial charge on any atom is -0.324 e. The Labute approximate surface area is 145 Å². The summed E-state index contributed by atoms with van der Waals surface area (Å²) in [7, 11) is 0. The Morgan fingerprint density at radius 2 is 1.81 bits per heavy atom. The molecule has 0 aliphatic heterocycles. The van der Waals surface area contributed by atoms with Gasteiger partial charge in [0.05, 0.1) is 16.2 Å². The molecule has 0 aliphatic rings. The van der Waals surface area contributed by atoms with E-state index in [0.29, 0.717) is 11.4 Å². The summed E-state index contributed by atoms with van der Waals surface area (Å²) in [6.07, 6.45) is -3.06. The van der Waals surface area contributed by atoms with E-state index in [1.165, 1.54) is 42.6 Å². The van der Waals surface area contributed by atoms with Crippen molar-refractivity contribution in [3.05, 3.63) is 76.5 Å². The molecule has 0 spiro atoms. The number of rotatable bonds is 4. The quantitative estimate of drug-likeness (QED) is 0.533. The van der Waals surface area contributed by atoms with Crippen LogP contribution in [0.2, 0.25) is 0 Å². The SMILES string of the molecule is O=[N+]([O-])c1cccc(Nc2nccc(-c3cccc(C(F)(F)F)c3)n2)c1. The summed E-state index contributed by atoms with van der Waals surface area (Å²) in [5, 5.41) is 13.6. The Morgan fingerprint density at radius 1 is 1.04 bits per heavy atom. The summed E-state index contributed by atoms with van der Waals surface area (Å²) in [5.74, 6) is 0.111. The maximum Gasteiger partial charge on any atom is 0.416 e. The number of alkyl halides is 3. The van der Waals surface area contributed by atoms with E-state index in [1.807, 2.05) is 0 Å². The van der Waals surface area contributed by atoms with Gasteiger partial charge in [0, 0.05) is 29.6 Å². The molecule has 0 amide bonds. The van der Waals surface area contributed by atoms with E-state index in [1.54, 1.807) is 6.07 Å². The summed E-state index contributed by atoms with van der Waals surface area (Å²) in [6.45, 7) is 0. The molecule has 0 saturated heterocycles. The Hall–Kier alpha value is -3.49. The summed E-state index contributed by atoms with van der Waals surface area (Å²) in [4.78, 5) is 18.4. The van der Waals surface area contributed by atoms with Crippen molar-refractivity contribution in [2.45, 2.75) is 6.18 Å². The second-order valence-electron chi connectivity index (χ2n) is 5.28. The van der Waals surface area contributed by atoms with E-state index in [0.717, 1.165) is 12.1 Å². The minimum atomic E-state index is -4.45. The maximum atomic E-state index is 12.9. The Balaban J connectivity index is 1.90. The third-order valence-electron chi connectivity index (χ3n) is 3.45. The molecule has 0 fully saturated rings. The number of nitrogens with one attached hydrogen (secondary N) is 1. The molecule has 0 saturated carbocycles. The van der Waals surface area contributed by atoms with Crippen molar-refractivity contribution in [3.63, 3.8) is 0 Å². The van der Waals surface area contributed by atoms with Gasteiger partial charge in [0.15, 0.2) is 0 Å². The summed E-state index contributed by atoms with van der Waals surface area (Å²) in [5.41, 5.74) is 0.0783. The third-order valence-corrected chi connectivity index (χ3v) is 3.45. The fraction of sp³-hybridized carbons (Fsp3) is 0.0588. The highest BCUT2D eigenvalue weighted by Gasteiger charge is 2.30. The first-order chi connectivity index (χ1) is 12.3. The lowest BCUT2D eigenvalue weighted by Crippen LogP contribution is -2.05. The molecular weight excluding hydrogens is 349 g/mol. The van der Waals surface area contributed by atoms with Crippen molar-refractivity contribution < 1.29 is 18.1 Å². The number of halogens is 3. The van der Waals surface area contributed by atoms with E-state index in [9.17, 15) is 23.3 Å². The van der Waals surface area contributed by atoms with Crippen LogP contribution in [0.25, 0.3) is 11.3 Å². The maximum absolute atomic E-state index is 12.9. The lowest BCUT2D eigenvalue weighted by Gasteiger charge is -2.09. The van der Waals surface area contributed by atoms with E-state index >= 15 is 0 Å². The topological polar surface area (TPSA) is 81.0 Å². The van der Waals surface area contributed by atoms with Gasteiger partial charge < -0.3 is 5.32 Å². The molecule has 132 valence electrons. The van der Waals surface area contributed by atoms with Gasteiger partial charge in [-0.05, 0) is 24.3 Å². The van der Waals surface area contributed by atoms with Crippen LogP contribution >= 0.6 is 0 Å². The highest BCUT2D eigenvalue weighted by Crippen LogP contribution is 2.32. The molecule has 1 aromatic heterocycles. The molecule has 6 nitrogen and oxygen atoms in total.